The molecule has 1 aliphatic rings. The molecule has 39 heavy (non-hydrogen) atoms. The molecule has 0 radical (unpaired) electrons. The first kappa shape index (κ1) is 29.0. The van der Waals surface area contributed by atoms with Crippen LogP contribution in [-0.2, 0) is 4.74 Å². The van der Waals surface area contributed by atoms with Crippen molar-refractivity contribution in [2.45, 2.75) is 44.6 Å². The number of alkyl halides is 2. The van der Waals surface area contributed by atoms with E-state index in [0.717, 1.165) is 38.4 Å². The second-order valence-electron chi connectivity index (χ2n) is 9.81. The predicted molar refractivity (Wildman–Crippen MR) is 153 cm³/mol. The number of thioether (sulfide) groups is 1. The van der Waals surface area contributed by atoms with Gasteiger partial charge in [-0.15, -0.1) is 11.8 Å². The standard InChI is InChI=1S/C31H35F3N2O2S/c1-5-28(38-19-29(33)34)30-20(2)16-24(17-21(30)3)35-12-14-36(15-13-35)31(37)27-18-25(39-4)10-11-26(27)22-6-8-23(32)9-7-22/h6-11,16-18,28-29H,5,12-15,19H2,1-4H3. The minimum absolute atomic E-state index is 0.0328. The molecule has 1 atom stereocenters. The topological polar surface area (TPSA) is 32.8 Å². The van der Waals surface area contributed by atoms with Crippen LogP contribution in [-0.4, -0.2) is 56.3 Å². The molecule has 3 aromatic rings. The van der Waals surface area contributed by atoms with Crippen LogP contribution in [0.4, 0.5) is 18.9 Å². The second kappa shape index (κ2) is 12.9. The van der Waals surface area contributed by atoms with E-state index in [4.69, 9.17) is 4.74 Å². The molecule has 3 aromatic carbocycles. The van der Waals surface area contributed by atoms with Gasteiger partial charge in [0.15, 0.2) is 0 Å². The van der Waals surface area contributed by atoms with E-state index in [1.54, 1.807) is 23.9 Å². The summed E-state index contributed by atoms with van der Waals surface area (Å²) in [6.45, 7) is 7.85. The summed E-state index contributed by atoms with van der Waals surface area (Å²) < 4.78 is 44.5. The number of hydrogen-bond donors (Lipinski definition) is 0. The largest absolute Gasteiger partial charge is 0.368 e. The van der Waals surface area contributed by atoms with Gasteiger partial charge in [0, 0.05) is 42.3 Å². The lowest BCUT2D eigenvalue weighted by Gasteiger charge is -2.37. The van der Waals surface area contributed by atoms with Crippen molar-refractivity contribution in [3.63, 3.8) is 0 Å². The minimum atomic E-state index is -2.49. The van der Waals surface area contributed by atoms with Crippen molar-refractivity contribution in [3.8, 4) is 11.1 Å². The van der Waals surface area contributed by atoms with E-state index < -0.39 is 13.0 Å². The zero-order valence-corrected chi connectivity index (χ0v) is 23.7. The van der Waals surface area contributed by atoms with Crippen LogP contribution < -0.4 is 4.90 Å². The van der Waals surface area contributed by atoms with E-state index in [1.165, 1.54) is 12.1 Å². The van der Waals surface area contributed by atoms with E-state index in [2.05, 4.69) is 17.0 Å². The van der Waals surface area contributed by atoms with Crippen LogP contribution >= 0.6 is 11.8 Å². The van der Waals surface area contributed by atoms with Gasteiger partial charge in [-0.05, 0) is 90.7 Å². The number of amides is 1. The summed E-state index contributed by atoms with van der Waals surface area (Å²) in [5.74, 6) is -0.345. The zero-order chi connectivity index (χ0) is 28.1. The average molecular weight is 557 g/mol. The van der Waals surface area contributed by atoms with Crippen LogP contribution in [0.2, 0.25) is 0 Å². The van der Waals surface area contributed by atoms with Crippen LogP contribution in [0.25, 0.3) is 11.1 Å². The zero-order valence-electron chi connectivity index (χ0n) is 22.8. The Bertz CT molecular complexity index is 1270. The number of carbonyl (C=O) groups excluding carboxylic acids is 1. The van der Waals surface area contributed by atoms with Crippen molar-refractivity contribution >= 4 is 23.4 Å². The number of halogens is 3. The number of ether oxygens (including phenoxy) is 1. The van der Waals surface area contributed by atoms with Gasteiger partial charge in [0.1, 0.15) is 12.4 Å². The van der Waals surface area contributed by atoms with Crippen LogP contribution in [0.1, 0.15) is 46.5 Å². The van der Waals surface area contributed by atoms with Gasteiger partial charge in [-0.25, -0.2) is 13.2 Å². The lowest BCUT2D eigenvalue weighted by molar-refractivity contribution is -0.0269. The molecule has 1 aliphatic heterocycles. The highest BCUT2D eigenvalue weighted by Crippen LogP contribution is 2.33. The van der Waals surface area contributed by atoms with E-state index in [0.29, 0.717) is 38.2 Å². The number of nitrogens with zero attached hydrogens (tertiary/aromatic N) is 2. The number of anilines is 1. The third kappa shape index (κ3) is 6.79. The number of piperazine rings is 1. The molecule has 1 heterocycles. The molecule has 0 aliphatic carbocycles. The number of hydrogen-bond acceptors (Lipinski definition) is 4. The Morgan fingerprint density at radius 1 is 0.974 bits per heavy atom. The average Bonchev–Trinajstić information content (AvgIpc) is 2.94. The number of benzene rings is 3. The summed E-state index contributed by atoms with van der Waals surface area (Å²) in [5.41, 5.74) is 6.28. The van der Waals surface area contributed by atoms with Gasteiger partial charge in [0.2, 0.25) is 0 Å². The smallest absolute Gasteiger partial charge is 0.261 e. The first-order valence-electron chi connectivity index (χ1n) is 13.2. The van der Waals surface area contributed by atoms with Crippen molar-refractivity contribution in [3.05, 3.63) is 82.7 Å². The van der Waals surface area contributed by atoms with Gasteiger partial charge >= 0.3 is 0 Å². The highest BCUT2D eigenvalue weighted by atomic mass is 32.2. The fourth-order valence-electron chi connectivity index (χ4n) is 5.28. The van der Waals surface area contributed by atoms with Crippen LogP contribution in [0.15, 0.2) is 59.5 Å². The molecule has 0 aromatic heterocycles. The lowest BCUT2D eigenvalue weighted by Crippen LogP contribution is -2.49. The summed E-state index contributed by atoms with van der Waals surface area (Å²) in [4.78, 5) is 18.8. The third-order valence-electron chi connectivity index (χ3n) is 7.24. The minimum Gasteiger partial charge on any atom is -0.368 e. The molecule has 0 spiro atoms. The molecule has 4 rings (SSSR count). The molecule has 4 nitrogen and oxygen atoms in total. The maximum absolute atomic E-state index is 13.7. The number of carbonyl (C=O) groups is 1. The molecular weight excluding hydrogens is 521 g/mol. The fourth-order valence-corrected chi connectivity index (χ4v) is 5.72. The maximum Gasteiger partial charge on any atom is 0.261 e. The van der Waals surface area contributed by atoms with Crippen LogP contribution in [0.5, 0.6) is 0 Å². The predicted octanol–water partition coefficient (Wildman–Crippen LogP) is 7.53. The van der Waals surface area contributed by atoms with Gasteiger partial charge in [-0.1, -0.05) is 25.1 Å². The molecule has 208 valence electrons. The van der Waals surface area contributed by atoms with Gasteiger partial charge < -0.3 is 14.5 Å². The Morgan fingerprint density at radius 3 is 2.18 bits per heavy atom. The van der Waals surface area contributed by atoms with Gasteiger partial charge in [-0.3, -0.25) is 4.79 Å². The Kier molecular flexibility index (Phi) is 9.62. The van der Waals surface area contributed by atoms with Gasteiger partial charge in [0.25, 0.3) is 12.3 Å². The SMILES string of the molecule is CCC(OCC(F)F)c1c(C)cc(N2CCN(C(=O)c3cc(SC)ccc3-c3ccc(F)cc3)CC2)cc1C. The van der Waals surface area contributed by atoms with E-state index in [9.17, 15) is 18.0 Å². The lowest BCUT2D eigenvalue weighted by atomic mass is 9.95. The Morgan fingerprint density at radius 2 is 1.62 bits per heavy atom. The Labute approximate surface area is 233 Å². The maximum atomic E-state index is 13.7. The molecular formula is C31H35F3N2O2S. The number of rotatable bonds is 9. The van der Waals surface area contributed by atoms with Crippen molar-refractivity contribution in [1.29, 1.82) is 0 Å². The first-order chi connectivity index (χ1) is 18.7. The summed E-state index contributed by atoms with van der Waals surface area (Å²) in [7, 11) is 0. The van der Waals surface area contributed by atoms with Gasteiger partial charge in [-0.2, -0.15) is 0 Å². The first-order valence-corrected chi connectivity index (χ1v) is 14.4. The monoisotopic (exact) mass is 556 g/mol. The molecule has 1 saturated heterocycles. The summed E-state index contributed by atoms with van der Waals surface area (Å²) in [5, 5.41) is 0. The van der Waals surface area contributed by atoms with Gasteiger partial charge in [0.05, 0.1) is 6.10 Å². The van der Waals surface area contributed by atoms with Crippen molar-refractivity contribution < 1.29 is 22.7 Å². The molecule has 0 bridgehead atoms. The molecule has 0 saturated carbocycles. The van der Waals surface area contributed by atoms with E-state index in [-0.39, 0.29) is 17.8 Å². The molecule has 1 fully saturated rings. The highest BCUT2D eigenvalue weighted by Gasteiger charge is 2.26. The Hall–Kier alpha value is -2.97. The number of aryl methyl sites for hydroxylation is 2. The van der Waals surface area contributed by atoms with Crippen LogP contribution in [0, 0.1) is 19.7 Å². The fraction of sp³-hybridized carbons (Fsp3) is 0.387. The van der Waals surface area contributed by atoms with Crippen molar-refractivity contribution in [2.24, 2.45) is 0 Å². The molecule has 1 unspecified atom stereocenters. The van der Waals surface area contributed by atoms with E-state index in [1.807, 2.05) is 50.1 Å². The normalized spacial score (nSPS) is 14.7. The molecule has 0 N–H and O–H groups in total. The van der Waals surface area contributed by atoms with Crippen molar-refractivity contribution in [1.82, 2.24) is 4.90 Å². The van der Waals surface area contributed by atoms with E-state index >= 15 is 0 Å². The van der Waals surface area contributed by atoms with Crippen LogP contribution in [0.3, 0.4) is 0 Å². The quantitative estimate of drug-likeness (QED) is 0.255. The highest BCUT2D eigenvalue weighted by molar-refractivity contribution is 7.98. The summed E-state index contributed by atoms with van der Waals surface area (Å²) >= 11 is 1.58. The molecule has 8 heteroatoms. The Balaban J connectivity index is 1.50. The summed E-state index contributed by atoms with van der Waals surface area (Å²) in [6.07, 6.45) is -0.266. The molecule has 1 amide bonds. The summed E-state index contributed by atoms with van der Waals surface area (Å²) in [6, 6.07) is 16.2. The van der Waals surface area contributed by atoms with Crippen molar-refractivity contribution in [2.75, 3.05) is 43.9 Å². The third-order valence-corrected chi connectivity index (χ3v) is 7.96. The second-order valence-corrected chi connectivity index (χ2v) is 10.7.